The predicted octanol–water partition coefficient (Wildman–Crippen LogP) is 2.37. The van der Waals surface area contributed by atoms with Crippen LogP contribution in [0.5, 0.6) is 0 Å². The third-order valence-electron chi connectivity index (χ3n) is 4.68. The van der Waals surface area contributed by atoms with Crippen molar-refractivity contribution in [1.82, 2.24) is 19.8 Å². The summed E-state index contributed by atoms with van der Waals surface area (Å²) in [5, 5.41) is 3.61. The van der Waals surface area contributed by atoms with Crippen LogP contribution in [-0.2, 0) is 17.8 Å². The molecule has 0 saturated carbocycles. The Kier molecular flexibility index (Phi) is 6.01. The van der Waals surface area contributed by atoms with Crippen LogP contribution < -0.4 is 5.32 Å². The lowest BCUT2D eigenvalue weighted by molar-refractivity contribution is 0.0160. The average Bonchev–Trinajstić information content (AvgIpc) is 3.07. The molecule has 2 aromatic rings. The molecule has 1 fully saturated rings. The standard InChI is InChI=1S/C19H28N4O/c1-3-22-8-7-21-19(22)15-20-14-18(23-9-11-24-12-10-23)17-6-4-5-16(2)13-17/h4-8,13,18,20H,3,9-12,14-15H2,1-2H3. The van der Waals surface area contributed by atoms with E-state index in [1.807, 2.05) is 12.4 Å². The molecule has 1 aliphatic rings. The number of aromatic nitrogens is 2. The summed E-state index contributed by atoms with van der Waals surface area (Å²) in [6, 6.07) is 9.22. The van der Waals surface area contributed by atoms with Crippen LogP contribution in [0.4, 0.5) is 0 Å². The SMILES string of the molecule is CCn1ccnc1CNCC(c1cccc(C)c1)N1CCOCC1. The normalized spacial score (nSPS) is 17.1. The van der Waals surface area contributed by atoms with Gasteiger partial charge in [0.25, 0.3) is 0 Å². The minimum Gasteiger partial charge on any atom is -0.379 e. The summed E-state index contributed by atoms with van der Waals surface area (Å²) < 4.78 is 7.71. The topological polar surface area (TPSA) is 42.3 Å². The van der Waals surface area contributed by atoms with Gasteiger partial charge in [0.2, 0.25) is 0 Å². The molecule has 0 radical (unpaired) electrons. The van der Waals surface area contributed by atoms with Crippen molar-refractivity contribution in [1.29, 1.82) is 0 Å². The summed E-state index contributed by atoms with van der Waals surface area (Å²) >= 11 is 0. The number of hydrogen-bond donors (Lipinski definition) is 1. The van der Waals surface area contributed by atoms with Gasteiger partial charge in [-0.1, -0.05) is 29.8 Å². The molecular formula is C19H28N4O. The van der Waals surface area contributed by atoms with E-state index in [-0.39, 0.29) is 0 Å². The van der Waals surface area contributed by atoms with Crippen molar-refractivity contribution in [3.63, 3.8) is 0 Å². The van der Waals surface area contributed by atoms with Gasteiger partial charge in [0.05, 0.1) is 19.8 Å². The Morgan fingerprint density at radius 1 is 1.29 bits per heavy atom. The van der Waals surface area contributed by atoms with E-state index in [2.05, 4.69) is 57.9 Å². The molecule has 1 aliphatic heterocycles. The van der Waals surface area contributed by atoms with E-state index >= 15 is 0 Å². The summed E-state index contributed by atoms with van der Waals surface area (Å²) in [5.41, 5.74) is 2.69. The molecule has 130 valence electrons. The van der Waals surface area contributed by atoms with Gasteiger partial charge in [0.15, 0.2) is 0 Å². The second-order valence-corrected chi connectivity index (χ2v) is 6.34. The summed E-state index contributed by atoms with van der Waals surface area (Å²) in [6.07, 6.45) is 3.91. The average molecular weight is 328 g/mol. The van der Waals surface area contributed by atoms with Crippen LogP contribution in [-0.4, -0.2) is 47.3 Å². The monoisotopic (exact) mass is 328 g/mol. The third kappa shape index (κ3) is 4.23. The van der Waals surface area contributed by atoms with Crippen molar-refractivity contribution in [3.8, 4) is 0 Å². The lowest BCUT2D eigenvalue weighted by atomic mass is 10.0. The van der Waals surface area contributed by atoms with Crippen molar-refractivity contribution in [2.75, 3.05) is 32.8 Å². The van der Waals surface area contributed by atoms with Gasteiger partial charge in [-0.25, -0.2) is 4.98 Å². The Morgan fingerprint density at radius 2 is 2.12 bits per heavy atom. The van der Waals surface area contributed by atoms with Gasteiger partial charge >= 0.3 is 0 Å². The molecule has 0 bridgehead atoms. The molecule has 1 unspecified atom stereocenters. The van der Waals surface area contributed by atoms with E-state index in [0.29, 0.717) is 6.04 Å². The quantitative estimate of drug-likeness (QED) is 0.847. The Balaban J connectivity index is 1.67. The van der Waals surface area contributed by atoms with Crippen LogP contribution >= 0.6 is 0 Å². The molecule has 1 N–H and O–H groups in total. The first-order chi connectivity index (χ1) is 11.8. The van der Waals surface area contributed by atoms with Gasteiger partial charge in [-0.15, -0.1) is 0 Å². The van der Waals surface area contributed by atoms with Gasteiger partial charge < -0.3 is 14.6 Å². The lowest BCUT2D eigenvalue weighted by Gasteiger charge is -2.35. The van der Waals surface area contributed by atoms with Crippen molar-refractivity contribution >= 4 is 0 Å². The van der Waals surface area contributed by atoms with Crippen LogP contribution in [0.1, 0.15) is 29.9 Å². The summed E-state index contributed by atoms with van der Waals surface area (Å²) in [5.74, 6) is 1.10. The van der Waals surface area contributed by atoms with Crippen LogP contribution in [0.25, 0.3) is 0 Å². The zero-order valence-electron chi connectivity index (χ0n) is 14.7. The molecule has 0 aliphatic carbocycles. The molecular weight excluding hydrogens is 300 g/mol. The molecule has 1 atom stereocenters. The molecule has 5 heteroatoms. The van der Waals surface area contributed by atoms with Gasteiger partial charge in [-0.3, -0.25) is 4.90 Å². The second kappa shape index (κ2) is 8.42. The maximum absolute atomic E-state index is 5.53. The maximum Gasteiger partial charge on any atom is 0.122 e. The number of morpholine rings is 1. The molecule has 1 aromatic carbocycles. The zero-order chi connectivity index (χ0) is 16.8. The van der Waals surface area contributed by atoms with Crippen LogP contribution in [0.15, 0.2) is 36.7 Å². The van der Waals surface area contributed by atoms with E-state index in [1.54, 1.807) is 0 Å². The number of rotatable bonds is 7. The first-order valence-electron chi connectivity index (χ1n) is 8.87. The minimum atomic E-state index is 0.374. The Morgan fingerprint density at radius 3 is 2.88 bits per heavy atom. The highest BCUT2D eigenvalue weighted by molar-refractivity contribution is 5.25. The first-order valence-corrected chi connectivity index (χ1v) is 8.87. The number of nitrogens with zero attached hydrogens (tertiary/aromatic N) is 3. The number of imidazole rings is 1. The number of benzene rings is 1. The van der Waals surface area contributed by atoms with Gasteiger partial charge in [0.1, 0.15) is 5.82 Å². The summed E-state index contributed by atoms with van der Waals surface area (Å²) in [4.78, 5) is 6.98. The predicted molar refractivity (Wildman–Crippen MR) is 95.9 cm³/mol. The summed E-state index contributed by atoms with van der Waals surface area (Å²) in [7, 11) is 0. The van der Waals surface area contributed by atoms with Crippen molar-refractivity contribution in [3.05, 3.63) is 53.6 Å². The fourth-order valence-electron chi connectivity index (χ4n) is 3.34. The minimum absolute atomic E-state index is 0.374. The van der Waals surface area contributed by atoms with Crippen LogP contribution in [0.2, 0.25) is 0 Å². The van der Waals surface area contributed by atoms with Crippen molar-refractivity contribution in [2.45, 2.75) is 33.0 Å². The Hall–Kier alpha value is -1.69. The molecule has 2 heterocycles. The van der Waals surface area contributed by atoms with E-state index in [9.17, 15) is 0 Å². The lowest BCUT2D eigenvalue weighted by Crippen LogP contribution is -2.42. The Bertz CT molecular complexity index is 634. The number of aryl methyl sites for hydroxylation is 2. The zero-order valence-corrected chi connectivity index (χ0v) is 14.7. The van der Waals surface area contributed by atoms with Gasteiger partial charge in [0, 0.05) is 44.6 Å². The molecule has 1 saturated heterocycles. The Labute approximate surface area is 144 Å². The second-order valence-electron chi connectivity index (χ2n) is 6.34. The van der Waals surface area contributed by atoms with Crippen LogP contribution in [0.3, 0.4) is 0 Å². The molecule has 5 nitrogen and oxygen atoms in total. The summed E-state index contributed by atoms with van der Waals surface area (Å²) in [6.45, 7) is 10.6. The highest BCUT2D eigenvalue weighted by Gasteiger charge is 2.22. The number of nitrogens with one attached hydrogen (secondary N) is 1. The molecule has 24 heavy (non-hydrogen) atoms. The van der Waals surface area contributed by atoms with Crippen LogP contribution in [0, 0.1) is 6.92 Å². The third-order valence-corrected chi connectivity index (χ3v) is 4.68. The van der Waals surface area contributed by atoms with Gasteiger partial charge in [-0.2, -0.15) is 0 Å². The van der Waals surface area contributed by atoms with E-state index < -0.39 is 0 Å². The first kappa shape index (κ1) is 17.1. The van der Waals surface area contributed by atoms with E-state index in [0.717, 1.165) is 51.8 Å². The highest BCUT2D eigenvalue weighted by atomic mass is 16.5. The highest BCUT2D eigenvalue weighted by Crippen LogP contribution is 2.22. The number of hydrogen-bond acceptors (Lipinski definition) is 4. The molecule has 0 spiro atoms. The number of ether oxygens (including phenoxy) is 1. The van der Waals surface area contributed by atoms with Crippen molar-refractivity contribution in [2.24, 2.45) is 0 Å². The van der Waals surface area contributed by atoms with E-state index in [4.69, 9.17) is 4.74 Å². The molecule has 0 amide bonds. The smallest absolute Gasteiger partial charge is 0.122 e. The van der Waals surface area contributed by atoms with Crippen molar-refractivity contribution < 1.29 is 4.74 Å². The molecule has 1 aromatic heterocycles. The maximum atomic E-state index is 5.53. The fourth-order valence-corrected chi connectivity index (χ4v) is 3.34. The molecule has 3 rings (SSSR count). The van der Waals surface area contributed by atoms with Gasteiger partial charge in [-0.05, 0) is 19.4 Å². The van der Waals surface area contributed by atoms with E-state index in [1.165, 1.54) is 11.1 Å². The largest absolute Gasteiger partial charge is 0.379 e. The fraction of sp³-hybridized carbons (Fsp3) is 0.526.